The molecule has 0 aliphatic carbocycles. The van der Waals surface area contributed by atoms with Crippen LogP contribution in [0.15, 0.2) is 36.0 Å². The molecule has 5 heteroatoms. The van der Waals surface area contributed by atoms with E-state index in [1.165, 1.54) is 6.92 Å². The number of hydrogen-bond donors (Lipinski definition) is 2. The van der Waals surface area contributed by atoms with Gasteiger partial charge >= 0.3 is 0 Å². The standard InChI is InChI=1S/C13H19F2NO2/c1-3-11(14)6-12(15)9(2)13(16)8-18-5-4-10(13)7-17/h3,6,10,17H,2,4-5,7-8,16H2,1H3/b11-3+,12-6+/t10-,13+/m0/s1. The second-order valence-electron chi connectivity index (χ2n) is 4.41. The molecular formula is C13H19F2NO2. The lowest BCUT2D eigenvalue weighted by atomic mass is 9.76. The molecule has 1 aliphatic rings. The van der Waals surface area contributed by atoms with Crippen LogP contribution in [0.4, 0.5) is 8.78 Å². The molecule has 0 aromatic rings. The van der Waals surface area contributed by atoms with E-state index in [2.05, 4.69) is 6.58 Å². The number of nitrogens with two attached hydrogens (primary N) is 1. The summed E-state index contributed by atoms with van der Waals surface area (Å²) in [6, 6.07) is 0. The van der Waals surface area contributed by atoms with Crippen LogP contribution in [0.25, 0.3) is 0 Å². The van der Waals surface area contributed by atoms with Gasteiger partial charge in [-0.2, -0.15) is 0 Å². The molecular weight excluding hydrogens is 240 g/mol. The van der Waals surface area contributed by atoms with E-state index >= 15 is 0 Å². The first kappa shape index (κ1) is 15.0. The highest BCUT2D eigenvalue weighted by atomic mass is 19.1. The van der Waals surface area contributed by atoms with E-state index in [1.807, 2.05) is 0 Å². The lowest BCUT2D eigenvalue weighted by molar-refractivity contribution is -0.00503. The molecule has 0 unspecified atom stereocenters. The van der Waals surface area contributed by atoms with Crippen molar-refractivity contribution < 1.29 is 18.6 Å². The smallest absolute Gasteiger partial charge is 0.130 e. The summed E-state index contributed by atoms with van der Waals surface area (Å²) in [7, 11) is 0. The van der Waals surface area contributed by atoms with Crippen molar-refractivity contribution in [2.24, 2.45) is 11.7 Å². The predicted molar refractivity (Wildman–Crippen MR) is 66.1 cm³/mol. The highest BCUT2D eigenvalue weighted by Crippen LogP contribution is 2.34. The summed E-state index contributed by atoms with van der Waals surface area (Å²) in [5.74, 6) is -1.86. The van der Waals surface area contributed by atoms with E-state index in [0.717, 1.165) is 12.2 Å². The van der Waals surface area contributed by atoms with Crippen LogP contribution in [0.3, 0.4) is 0 Å². The topological polar surface area (TPSA) is 55.5 Å². The first-order chi connectivity index (χ1) is 8.45. The Morgan fingerprint density at radius 1 is 1.61 bits per heavy atom. The third-order valence-corrected chi connectivity index (χ3v) is 3.29. The van der Waals surface area contributed by atoms with Gasteiger partial charge in [-0.3, -0.25) is 0 Å². The SMILES string of the molecule is C=C(/C(F)=C\C(F)=C/C)[C@]1(N)COCC[C@H]1CO. The number of allylic oxidation sites excluding steroid dienone is 3. The molecule has 18 heavy (non-hydrogen) atoms. The van der Waals surface area contributed by atoms with Crippen LogP contribution in [-0.4, -0.2) is 30.5 Å². The zero-order chi connectivity index (χ0) is 13.8. The molecule has 0 bridgehead atoms. The minimum absolute atomic E-state index is 0.0433. The van der Waals surface area contributed by atoms with Crippen LogP contribution in [-0.2, 0) is 4.74 Å². The highest BCUT2D eigenvalue weighted by Gasteiger charge is 2.41. The number of ether oxygens (including phenoxy) is 1. The quantitative estimate of drug-likeness (QED) is 0.759. The van der Waals surface area contributed by atoms with E-state index in [4.69, 9.17) is 10.5 Å². The van der Waals surface area contributed by atoms with E-state index in [-0.39, 0.29) is 24.7 Å². The number of aliphatic hydroxyl groups is 1. The average molecular weight is 259 g/mol. The molecule has 3 nitrogen and oxygen atoms in total. The van der Waals surface area contributed by atoms with E-state index in [1.54, 1.807) is 0 Å². The second-order valence-corrected chi connectivity index (χ2v) is 4.41. The van der Waals surface area contributed by atoms with Crippen molar-refractivity contribution >= 4 is 0 Å². The Labute approximate surface area is 106 Å². The highest BCUT2D eigenvalue weighted by molar-refractivity contribution is 5.37. The summed E-state index contributed by atoms with van der Waals surface area (Å²) in [6.45, 7) is 5.39. The van der Waals surface area contributed by atoms with Gasteiger partial charge in [0.2, 0.25) is 0 Å². The van der Waals surface area contributed by atoms with E-state index < -0.39 is 17.2 Å². The fourth-order valence-corrected chi connectivity index (χ4v) is 1.94. The molecule has 1 heterocycles. The number of halogens is 2. The molecule has 0 aromatic heterocycles. The van der Waals surface area contributed by atoms with Crippen LogP contribution in [0, 0.1) is 5.92 Å². The minimum Gasteiger partial charge on any atom is -0.396 e. The fourth-order valence-electron chi connectivity index (χ4n) is 1.94. The molecule has 1 rings (SSSR count). The van der Waals surface area contributed by atoms with Gasteiger partial charge in [0.1, 0.15) is 11.7 Å². The Hall–Kier alpha value is -1.04. The first-order valence-corrected chi connectivity index (χ1v) is 5.82. The second kappa shape index (κ2) is 6.22. The van der Waals surface area contributed by atoms with Crippen molar-refractivity contribution in [2.75, 3.05) is 19.8 Å². The molecule has 0 radical (unpaired) electrons. The molecule has 1 fully saturated rings. The molecule has 102 valence electrons. The molecule has 0 aromatic carbocycles. The van der Waals surface area contributed by atoms with Crippen LogP contribution in [0.5, 0.6) is 0 Å². The van der Waals surface area contributed by atoms with Crippen LogP contribution in [0.1, 0.15) is 13.3 Å². The van der Waals surface area contributed by atoms with Crippen LogP contribution < -0.4 is 5.73 Å². The lowest BCUT2D eigenvalue weighted by Crippen LogP contribution is -2.56. The third-order valence-electron chi connectivity index (χ3n) is 3.29. The monoisotopic (exact) mass is 259 g/mol. The zero-order valence-electron chi connectivity index (χ0n) is 10.5. The Morgan fingerprint density at radius 2 is 2.28 bits per heavy atom. The molecule has 0 amide bonds. The normalized spacial score (nSPS) is 30.4. The molecule has 3 N–H and O–H groups in total. The van der Waals surface area contributed by atoms with Gasteiger partial charge in [0.15, 0.2) is 0 Å². The minimum atomic E-state index is -1.19. The van der Waals surface area contributed by atoms with Gasteiger partial charge in [-0.15, -0.1) is 0 Å². The molecule has 0 spiro atoms. The van der Waals surface area contributed by atoms with E-state index in [9.17, 15) is 13.9 Å². The fraction of sp³-hybridized carbons (Fsp3) is 0.538. The van der Waals surface area contributed by atoms with Gasteiger partial charge in [-0.25, -0.2) is 8.78 Å². The van der Waals surface area contributed by atoms with Gasteiger partial charge in [0.05, 0.1) is 12.1 Å². The third kappa shape index (κ3) is 3.04. The van der Waals surface area contributed by atoms with E-state index in [0.29, 0.717) is 13.0 Å². The maximum atomic E-state index is 13.8. The molecule has 1 saturated heterocycles. The number of hydrogen-bond acceptors (Lipinski definition) is 3. The van der Waals surface area contributed by atoms with Crippen molar-refractivity contribution in [2.45, 2.75) is 18.9 Å². The lowest BCUT2D eigenvalue weighted by Gasteiger charge is -2.41. The van der Waals surface area contributed by atoms with Gasteiger partial charge in [0.25, 0.3) is 0 Å². The maximum Gasteiger partial charge on any atom is 0.130 e. The first-order valence-electron chi connectivity index (χ1n) is 5.82. The van der Waals surface area contributed by atoms with Crippen molar-refractivity contribution in [1.82, 2.24) is 0 Å². The Bertz CT molecular complexity index is 379. The van der Waals surface area contributed by atoms with Crippen molar-refractivity contribution in [3.05, 3.63) is 36.0 Å². The maximum absolute atomic E-state index is 13.8. The van der Waals surface area contributed by atoms with Crippen LogP contribution in [0.2, 0.25) is 0 Å². The molecule has 1 aliphatic heterocycles. The summed E-state index contributed by atoms with van der Waals surface area (Å²) < 4.78 is 32.1. The number of rotatable bonds is 4. The predicted octanol–water partition coefficient (Wildman–Crippen LogP) is 2.00. The summed E-state index contributed by atoms with van der Waals surface area (Å²) in [5.41, 5.74) is 4.83. The van der Waals surface area contributed by atoms with Gasteiger partial charge < -0.3 is 15.6 Å². The van der Waals surface area contributed by atoms with Crippen LogP contribution >= 0.6 is 0 Å². The van der Waals surface area contributed by atoms with Crippen molar-refractivity contribution in [1.29, 1.82) is 0 Å². The summed E-state index contributed by atoms with van der Waals surface area (Å²) in [5, 5.41) is 9.28. The van der Waals surface area contributed by atoms with Gasteiger partial charge in [-0.1, -0.05) is 12.7 Å². The van der Waals surface area contributed by atoms with Gasteiger partial charge in [-0.05, 0) is 13.3 Å². The largest absolute Gasteiger partial charge is 0.396 e. The molecule has 0 saturated carbocycles. The Balaban J connectivity index is 2.96. The zero-order valence-corrected chi connectivity index (χ0v) is 10.5. The Morgan fingerprint density at radius 3 is 2.83 bits per heavy atom. The molecule has 2 atom stereocenters. The van der Waals surface area contributed by atoms with Gasteiger partial charge in [0, 0.05) is 30.8 Å². The Kier molecular flexibility index (Phi) is 5.19. The summed E-state index contributed by atoms with van der Waals surface area (Å²) in [4.78, 5) is 0. The van der Waals surface area contributed by atoms with Crippen molar-refractivity contribution in [3.8, 4) is 0 Å². The summed E-state index contributed by atoms with van der Waals surface area (Å²) in [6.07, 6.45) is 2.39. The number of aliphatic hydroxyl groups excluding tert-OH is 1. The average Bonchev–Trinajstić information content (AvgIpc) is 2.38. The summed E-state index contributed by atoms with van der Waals surface area (Å²) >= 11 is 0. The van der Waals surface area contributed by atoms with Crippen molar-refractivity contribution in [3.63, 3.8) is 0 Å².